The van der Waals surface area contributed by atoms with Crippen LogP contribution < -0.4 is 10.6 Å². The number of piperazine rings is 1. The fourth-order valence-electron chi connectivity index (χ4n) is 5.66. The Morgan fingerprint density at radius 2 is 1.93 bits per heavy atom. The molecule has 0 saturated carbocycles. The van der Waals surface area contributed by atoms with E-state index in [-0.39, 0.29) is 0 Å². The number of carbonyl (C=O) groups is 1. The second-order valence-corrected chi connectivity index (χ2v) is 13.2. The van der Waals surface area contributed by atoms with Crippen LogP contribution in [0.15, 0.2) is 48.1 Å². The molecular formula is C31H41N7OS. The van der Waals surface area contributed by atoms with Gasteiger partial charge < -0.3 is 20.5 Å². The molecule has 2 aliphatic rings. The van der Waals surface area contributed by atoms with Gasteiger partial charge in [0.2, 0.25) is 6.41 Å². The standard InChI is InChI=1S/C20H17N5OS.C11H24N2/c26-12-25-7-4-13(5-8-25)18-10-15-16(3-6-21-20(15)24-18)23-14-1-2-17-19(9-14)27-11-22-17;1-9-6-13(7-10(2)12-9)8-11(3,4)5/h1-4,6,9-12H,5,7-8H2,(H2,21,23,24);9-10,12H,6-8H2,1-5H3. The van der Waals surface area contributed by atoms with Gasteiger partial charge in [-0.15, -0.1) is 11.3 Å². The minimum atomic E-state index is 0.427. The molecule has 0 bridgehead atoms. The van der Waals surface area contributed by atoms with Crippen molar-refractivity contribution in [1.29, 1.82) is 0 Å². The molecule has 1 saturated heterocycles. The van der Waals surface area contributed by atoms with Crippen LogP contribution in [0.4, 0.5) is 11.4 Å². The number of nitrogens with one attached hydrogen (secondary N) is 3. The Hall–Kier alpha value is -3.27. The summed E-state index contributed by atoms with van der Waals surface area (Å²) in [6.45, 7) is 16.5. The number of aromatic nitrogens is 3. The molecule has 2 unspecified atom stereocenters. The summed E-state index contributed by atoms with van der Waals surface area (Å²) in [5.74, 6) is 0. The fraction of sp³-hybridized carbons (Fsp3) is 0.452. The quantitative estimate of drug-likeness (QED) is 0.265. The zero-order chi connectivity index (χ0) is 28.3. The molecule has 1 amide bonds. The fourth-order valence-corrected chi connectivity index (χ4v) is 6.38. The van der Waals surface area contributed by atoms with Gasteiger partial charge in [-0.05, 0) is 61.6 Å². The number of aromatic amines is 1. The smallest absolute Gasteiger partial charge is 0.209 e. The van der Waals surface area contributed by atoms with E-state index in [0.29, 0.717) is 24.0 Å². The Balaban J connectivity index is 0.000000210. The minimum Gasteiger partial charge on any atom is -0.355 e. The zero-order valence-corrected chi connectivity index (χ0v) is 25.0. The molecule has 3 N–H and O–H groups in total. The van der Waals surface area contributed by atoms with E-state index in [1.54, 1.807) is 22.4 Å². The molecule has 2 aliphatic heterocycles. The van der Waals surface area contributed by atoms with Crippen LogP contribution in [-0.2, 0) is 4.79 Å². The van der Waals surface area contributed by atoms with Crippen LogP contribution >= 0.6 is 11.3 Å². The van der Waals surface area contributed by atoms with Crippen LogP contribution in [0.5, 0.6) is 0 Å². The lowest BCUT2D eigenvalue weighted by atomic mass is 9.95. The number of carbonyl (C=O) groups excluding carboxylic acids is 1. The first-order chi connectivity index (χ1) is 19.2. The second kappa shape index (κ2) is 12.1. The molecule has 1 aromatic carbocycles. The summed E-state index contributed by atoms with van der Waals surface area (Å²) in [7, 11) is 0. The lowest BCUT2D eigenvalue weighted by Gasteiger charge is -2.39. The number of anilines is 2. The molecule has 40 heavy (non-hydrogen) atoms. The SMILES string of the molecule is CC1CN(CC(C)(C)C)CC(C)N1.O=CN1CC=C(c2cc3c(Nc4ccc5ncsc5c4)ccnc3[nH]2)CC1. The molecule has 0 aliphatic carbocycles. The van der Waals surface area contributed by atoms with E-state index in [2.05, 4.69) is 83.3 Å². The molecule has 2 atom stereocenters. The summed E-state index contributed by atoms with van der Waals surface area (Å²) in [4.78, 5) is 27.5. The number of amides is 1. The maximum absolute atomic E-state index is 10.9. The first-order valence-electron chi connectivity index (χ1n) is 14.1. The van der Waals surface area contributed by atoms with Crippen molar-refractivity contribution < 1.29 is 4.79 Å². The normalized spacial score (nSPS) is 20.2. The van der Waals surface area contributed by atoms with Gasteiger partial charge in [0.1, 0.15) is 5.65 Å². The third-order valence-corrected chi connectivity index (χ3v) is 8.00. The Morgan fingerprint density at radius 1 is 1.12 bits per heavy atom. The average molecular weight is 560 g/mol. The zero-order valence-electron chi connectivity index (χ0n) is 24.2. The Kier molecular flexibility index (Phi) is 8.54. The predicted molar refractivity (Wildman–Crippen MR) is 167 cm³/mol. The van der Waals surface area contributed by atoms with Gasteiger partial charge >= 0.3 is 0 Å². The van der Waals surface area contributed by atoms with Crippen molar-refractivity contribution in [3.8, 4) is 0 Å². The van der Waals surface area contributed by atoms with Crippen molar-refractivity contribution in [3.05, 3.63) is 53.8 Å². The van der Waals surface area contributed by atoms with E-state index in [9.17, 15) is 4.79 Å². The first-order valence-corrected chi connectivity index (χ1v) is 15.0. The van der Waals surface area contributed by atoms with Gasteiger partial charge in [-0.2, -0.15) is 0 Å². The monoisotopic (exact) mass is 559 g/mol. The Labute approximate surface area is 240 Å². The van der Waals surface area contributed by atoms with Crippen molar-refractivity contribution in [2.24, 2.45) is 5.41 Å². The highest BCUT2D eigenvalue weighted by atomic mass is 32.1. The highest BCUT2D eigenvalue weighted by Crippen LogP contribution is 2.31. The number of pyridine rings is 1. The van der Waals surface area contributed by atoms with E-state index >= 15 is 0 Å². The van der Waals surface area contributed by atoms with Crippen LogP contribution in [0, 0.1) is 5.41 Å². The topological polar surface area (TPSA) is 89.2 Å². The number of rotatable bonds is 5. The summed E-state index contributed by atoms with van der Waals surface area (Å²) in [6.07, 6.45) is 5.66. The van der Waals surface area contributed by atoms with Crippen LogP contribution in [0.2, 0.25) is 0 Å². The van der Waals surface area contributed by atoms with E-state index in [4.69, 9.17) is 0 Å². The molecule has 0 radical (unpaired) electrons. The first kappa shape index (κ1) is 28.3. The van der Waals surface area contributed by atoms with Gasteiger partial charge in [0.25, 0.3) is 0 Å². The lowest BCUT2D eigenvalue weighted by Crippen LogP contribution is -2.55. The van der Waals surface area contributed by atoms with Gasteiger partial charge in [-0.3, -0.25) is 9.69 Å². The Bertz CT molecular complexity index is 1470. The van der Waals surface area contributed by atoms with Crippen molar-refractivity contribution in [2.75, 3.05) is 38.0 Å². The van der Waals surface area contributed by atoms with E-state index < -0.39 is 0 Å². The van der Waals surface area contributed by atoms with Gasteiger partial charge in [0.15, 0.2) is 0 Å². The number of benzene rings is 1. The highest BCUT2D eigenvalue weighted by Gasteiger charge is 2.24. The third kappa shape index (κ3) is 7.08. The maximum atomic E-state index is 10.9. The molecule has 4 aromatic rings. The number of hydrogen-bond acceptors (Lipinski definition) is 7. The molecule has 1 fully saturated rings. The second-order valence-electron chi connectivity index (χ2n) is 12.3. The number of nitrogens with zero attached hydrogens (tertiary/aromatic N) is 4. The number of fused-ring (bicyclic) bond motifs is 2. The molecule has 0 spiro atoms. The van der Waals surface area contributed by atoms with Crippen LogP contribution in [0.1, 0.15) is 46.7 Å². The minimum absolute atomic E-state index is 0.427. The lowest BCUT2D eigenvalue weighted by molar-refractivity contribution is -0.117. The predicted octanol–water partition coefficient (Wildman–Crippen LogP) is 5.88. The van der Waals surface area contributed by atoms with Gasteiger partial charge in [-0.25, -0.2) is 9.97 Å². The molecule has 6 rings (SSSR count). The molecular weight excluding hydrogens is 518 g/mol. The van der Waals surface area contributed by atoms with Crippen LogP contribution in [-0.4, -0.2) is 76.0 Å². The van der Waals surface area contributed by atoms with Crippen molar-refractivity contribution >= 4 is 55.9 Å². The van der Waals surface area contributed by atoms with Gasteiger partial charge in [0.05, 0.1) is 21.4 Å². The molecule has 9 heteroatoms. The molecule has 212 valence electrons. The van der Waals surface area contributed by atoms with Gasteiger partial charge in [-0.1, -0.05) is 26.8 Å². The number of H-pyrrole nitrogens is 1. The van der Waals surface area contributed by atoms with E-state index in [0.717, 1.165) is 57.7 Å². The summed E-state index contributed by atoms with van der Waals surface area (Å²) >= 11 is 1.63. The summed E-state index contributed by atoms with van der Waals surface area (Å²) in [5.41, 5.74) is 8.49. The maximum Gasteiger partial charge on any atom is 0.209 e. The van der Waals surface area contributed by atoms with Crippen molar-refractivity contribution in [3.63, 3.8) is 0 Å². The number of hydrogen-bond donors (Lipinski definition) is 3. The van der Waals surface area contributed by atoms with Crippen molar-refractivity contribution in [1.82, 2.24) is 30.1 Å². The van der Waals surface area contributed by atoms with E-state index in [1.807, 2.05) is 23.7 Å². The van der Waals surface area contributed by atoms with Crippen molar-refractivity contribution in [2.45, 2.75) is 53.1 Å². The molecule has 8 nitrogen and oxygen atoms in total. The summed E-state index contributed by atoms with van der Waals surface area (Å²) in [5, 5.41) is 8.11. The summed E-state index contributed by atoms with van der Waals surface area (Å²) < 4.78 is 1.16. The largest absolute Gasteiger partial charge is 0.355 e. The van der Waals surface area contributed by atoms with Crippen LogP contribution in [0.3, 0.4) is 0 Å². The van der Waals surface area contributed by atoms with Crippen LogP contribution in [0.25, 0.3) is 26.8 Å². The van der Waals surface area contributed by atoms with Gasteiger partial charge in [0, 0.05) is 67.8 Å². The molecule has 5 heterocycles. The average Bonchev–Trinajstić information content (AvgIpc) is 3.55. The summed E-state index contributed by atoms with van der Waals surface area (Å²) in [6, 6.07) is 11.6. The Morgan fingerprint density at radius 3 is 2.62 bits per heavy atom. The van der Waals surface area contributed by atoms with E-state index in [1.165, 1.54) is 25.2 Å². The third-order valence-electron chi connectivity index (χ3n) is 7.21. The highest BCUT2D eigenvalue weighted by molar-refractivity contribution is 7.16. The molecule has 3 aromatic heterocycles. The number of thiazole rings is 1.